The Kier molecular flexibility index (Phi) is 4.53. The van der Waals surface area contributed by atoms with Crippen molar-refractivity contribution in [3.63, 3.8) is 0 Å². The van der Waals surface area contributed by atoms with Crippen molar-refractivity contribution in [2.24, 2.45) is 0 Å². The van der Waals surface area contributed by atoms with E-state index in [9.17, 15) is 0 Å². The smallest absolute Gasteiger partial charge is 0.0249 e. The minimum atomic E-state index is 0.807. The fourth-order valence-corrected chi connectivity index (χ4v) is 4.95. The van der Waals surface area contributed by atoms with Gasteiger partial charge in [-0.2, -0.15) is 11.8 Å². The number of thioether (sulfide) groups is 1. The Hall–Kier alpha value is 0.270. The number of hydrogen-bond donors (Lipinski definition) is 1. The number of nitrogens with one attached hydrogen (secondary N) is 1. The van der Waals surface area contributed by atoms with Gasteiger partial charge in [0.15, 0.2) is 0 Å². The molecule has 18 heavy (non-hydrogen) atoms. The zero-order valence-corrected chi connectivity index (χ0v) is 12.6. The van der Waals surface area contributed by atoms with E-state index in [2.05, 4.69) is 28.2 Å². The molecule has 0 aromatic heterocycles. The lowest BCUT2D eigenvalue weighted by Gasteiger charge is -2.36. The molecule has 2 aliphatic heterocycles. The number of hydrogen-bond acceptors (Lipinski definition) is 3. The van der Waals surface area contributed by atoms with Crippen LogP contribution in [0.2, 0.25) is 0 Å². The molecule has 0 radical (unpaired) electrons. The SMILES string of the molecule is CSC1CCC(NC2CCN3CCCCC23)CC1. The molecule has 0 spiro atoms. The van der Waals surface area contributed by atoms with Crippen molar-refractivity contribution in [3.05, 3.63) is 0 Å². The van der Waals surface area contributed by atoms with Crippen LogP contribution >= 0.6 is 11.8 Å². The highest BCUT2D eigenvalue weighted by Gasteiger charge is 2.36. The first-order valence-corrected chi connectivity index (χ1v) is 9.18. The van der Waals surface area contributed by atoms with Gasteiger partial charge in [-0.3, -0.25) is 4.90 Å². The van der Waals surface area contributed by atoms with Crippen LogP contribution in [0.15, 0.2) is 0 Å². The zero-order chi connectivity index (χ0) is 12.4. The molecule has 3 heteroatoms. The molecule has 0 aromatic carbocycles. The van der Waals surface area contributed by atoms with Gasteiger partial charge in [0.05, 0.1) is 0 Å². The van der Waals surface area contributed by atoms with Gasteiger partial charge < -0.3 is 5.32 Å². The Balaban J connectivity index is 1.48. The number of piperidine rings is 1. The molecule has 0 amide bonds. The van der Waals surface area contributed by atoms with Gasteiger partial charge in [-0.15, -0.1) is 0 Å². The average molecular weight is 268 g/mol. The topological polar surface area (TPSA) is 15.3 Å². The van der Waals surface area contributed by atoms with Crippen molar-refractivity contribution in [2.45, 2.75) is 74.7 Å². The molecule has 2 saturated heterocycles. The lowest BCUT2D eigenvalue weighted by atomic mass is 9.92. The molecule has 1 saturated carbocycles. The van der Waals surface area contributed by atoms with Crippen LogP contribution < -0.4 is 5.32 Å². The highest BCUT2D eigenvalue weighted by molar-refractivity contribution is 7.99. The summed E-state index contributed by atoms with van der Waals surface area (Å²) in [6.45, 7) is 2.71. The summed E-state index contributed by atoms with van der Waals surface area (Å²) in [7, 11) is 0. The molecule has 0 bridgehead atoms. The van der Waals surface area contributed by atoms with Gasteiger partial charge in [0.1, 0.15) is 0 Å². The zero-order valence-electron chi connectivity index (χ0n) is 11.7. The van der Waals surface area contributed by atoms with Crippen molar-refractivity contribution in [1.82, 2.24) is 10.2 Å². The summed E-state index contributed by atoms with van der Waals surface area (Å²) in [6.07, 6.45) is 13.7. The fourth-order valence-electron chi connectivity index (χ4n) is 4.21. The molecule has 2 unspecified atom stereocenters. The third-order valence-corrected chi connectivity index (χ3v) is 6.45. The third-order valence-electron chi connectivity index (χ3n) is 5.31. The van der Waals surface area contributed by atoms with E-state index in [0.717, 1.165) is 23.4 Å². The second kappa shape index (κ2) is 6.15. The summed E-state index contributed by atoms with van der Waals surface area (Å²) in [6, 6.07) is 2.50. The van der Waals surface area contributed by atoms with Gasteiger partial charge >= 0.3 is 0 Å². The molecule has 2 heterocycles. The largest absolute Gasteiger partial charge is 0.310 e. The molecular weight excluding hydrogens is 240 g/mol. The first-order chi connectivity index (χ1) is 8.86. The standard InChI is InChI=1S/C15H28N2S/c1-18-13-7-5-12(6-8-13)16-14-9-11-17-10-3-2-4-15(14)17/h12-16H,2-11H2,1H3. The van der Waals surface area contributed by atoms with E-state index in [-0.39, 0.29) is 0 Å². The van der Waals surface area contributed by atoms with Crippen LogP contribution in [0.1, 0.15) is 51.4 Å². The summed E-state index contributed by atoms with van der Waals surface area (Å²) in [5.74, 6) is 0. The number of nitrogens with zero attached hydrogens (tertiary/aromatic N) is 1. The van der Waals surface area contributed by atoms with Gasteiger partial charge in [-0.05, 0) is 57.7 Å². The van der Waals surface area contributed by atoms with Crippen LogP contribution in [0, 0.1) is 0 Å². The molecule has 1 aliphatic carbocycles. The van der Waals surface area contributed by atoms with E-state index in [0.29, 0.717) is 0 Å². The second-order valence-corrected chi connectivity index (χ2v) is 7.51. The Morgan fingerprint density at radius 3 is 2.56 bits per heavy atom. The first-order valence-electron chi connectivity index (χ1n) is 7.89. The summed E-state index contributed by atoms with van der Waals surface area (Å²) < 4.78 is 0. The summed E-state index contributed by atoms with van der Waals surface area (Å²) in [4.78, 5) is 2.74. The van der Waals surface area contributed by atoms with Crippen LogP contribution in [0.4, 0.5) is 0 Å². The van der Waals surface area contributed by atoms with Crippen molar-refractivity contribution in [1.29, 1.82) is 0 Å². The third kappa shape index (κ3) is 2.88. The van der Waals surface area contributed by atoms with Crippen LogP contribution in [-0.2, 0) is 0 Å². The summed E-state index contributed by atoms with van der Waals surface area (Å²) >= 11 is 2.07. The van der Waals surface area contributed by atoms with E-state index in [1.54, 1.807) is 0 Å². The monoisotopic (exact) mass is 268 g/mol. The Morgan fingerprint density at radius 2 is 1.78 bits per heavy atom. The molecule has 3 rings (SSSR count). The van der Waals surface area contributed by atoms with Crippen molar-refractivity contribution >= 4 is 11.8 Å². The van der Waals surface area contributed by atoms with Crippen LogP contribution in [-0.4, -0.2) is 47.6 Å². The van der Waals surface area contributed by atoms with E-state index in [4.69, 9.17) is 0 Å². The molecular formula is C15H28N2S. The molecule has 0 aromatic rings. The fraction of sp³-hybridized carbons (Fsp3) is 1.00. The van der Waals surface area contributed by atoms with Crippen LogP contribution in [0.25, 0.3) is 0 Å². The maximum absolute atomic E-state index is 4.01. The summed E-state index contributed by atoms with van der Waals surface area (Å²) in [5.41, 5.74) is 0. The molecule has 3 aliphatic rings. The van der Waals surface area contributed by atoms with Gasteiger partial charge in [0, 0.05) is 29.9 Å². The maximum Gasteiger partial charge on any atom is 0.0249 e. The minimum Gasteiger partial charge on any atom is -0.310 e. The van der Waals surface area contributed by atoms with Crippen molar-refractivity contribution in [2.75, 3.05) is 19.3 Å². The van der Waals surface area contributed by atoms with Crippen molar-refractivity contribution < 1.29 is 0 Å². The van der Waals surface area contributed by atoms with E-state index >= 15 is 0 Å². The van der Waals surface area contributed by atoms with E-state index in [1.165, 1.54) is 64.5 Å². The quantitative estimate of drug-likeness (QED) is 0.847. The Morgan fingerprint density at radius 1 is 0.944 bits per heavy atom. The molecule has 2 atom stereocenters. The van der Waals surface area contributed by atoms with Crippen LogP contribution in [0.3, 0.4) is 0 Å². The van der Waals surface area contributed by atoms with Gasteiger partial charge in [-0.25, -0.2) is 0 Å². The van der Waals surface area contributed by atoms with Crippen molar-refractivity contribution in [3.8, 4) is 0 Å². The average Bonchev–Trinajstić information content (AvgIpc) is 2.83. The van der Waals surface area contributed by atoms with E-state index in [1.807, 2.05) is 0 Å². The predicted molar refractivity (Wildman–Crippen MR) is 80.3 cm³/mol. The highest BCUT2D eigenvalue weighted by atomic mass is 32.2. The lowest BCUT2D eigenvalue weighted by molar-refractivity contribution is 0.173. The molecule has 3 fully saturated rings. The van der Waals surface area contributed by atoms with Gasteiger partial charge in [-0.1, -0.05) is 6.42 Å². The summed E-state index contributed by atoms with van der Waals surface area (Å²) in [5, 5.41) is 4.95. The van der Waals surface area contributed by atoms with Crippen LogP contribution in [0.5, 0.6) is 0 Å². The molecule has 1 N–H and O–H groups in total. The predicted octanol–water partition coefficient (Wildman–Crippen LogP) is 2.88. The highest BCUT2D eigenvalue weighted by Crippen LogP contribution is 2.31. The lowest BCUT2D eigenvalue weighted by Crippen LogP contribution is -2.49. The molecule has 104 valence electrons. The van der Waals surface area contributed by atoms with Gasteiger partial charge in [0.25, 0.3) is 0 Å². The molecule has 2 nitrogen and oxygen atoms in total. The Labute approximate surface area is 116 Å². The van der Waals surface area contributed by atoms with E-state index < -0.39 is 0 Å². The maximum atomic E-state index is 4.01. The first kappa shape index (κ1) is 13.3. The number of rotatable bonds is 3. The van der Waals surface area contributed by atoms with Gasteiger partial charge in [0.2, 0.25) is 0 Å². The number of fused-ring (bicyclic) bond motifs is 1. The second-order valence-electron chi connectivity index (χ2n) is 6.37. The normalized spacial score (nSPS) is 41.8. The minimum absolute atomic E-state index is 0.807. The Bertz CT molecular complexity index is 263.